The fraction of sp³-hybridized carbons (Fsp3) is 0.938. The zero-order chi connectivity index (χ0) is 14.2. The highest BCUT2D eigenvalue weighted by atomic mass is 16.1. The van der Waals surface area contributed by atoms with Crippen molar-refractivity contribution in [3.8, 4) is 0 Å². The number of rotatable bonds is 6. The predicted molar refractivity (Wildman–Crippen MR) is 82.5 cm³/mol. The van der Waals surface area contributed by atoms with Gasteiger partial charge in [-0.15, -0.1) is 0 Å². The highest BCUT2D eigenvalue weighted by Crippen LogP contribution is 2.18. The van der Waals surface area contributed by atoms with Crippen LogP contribution in [0.4, 0.5) is 0 Å². The number of amides is 1. The third kappa shape index (κ3) is 5.41. The maximum atomic E-state index is 11.1. The van der Waals surface area contributed by atoms with Gasteiger partial charge in [0.05, 0.1) is 0 Å². The Morgan fingerprint density at radius 2 is 1.70 bits per heavy atom. The summed E-state index contributed by atoms with van der Waals surface area (Å²) >= 11 is 0. The number of piperidine rings is 1. The molecule has 0 aromatic heterocycles. The zero-order valence-corrected chi connectivity index (χ0v) is 12.8. The molecule has 1 aliphatic carbocycles. The highest BCUT2D eigenvalue weighted by molar-refractivity contribution is 5.76. The van der Waals surface area contributed by atoms with Gasteiger partial charge in [-0.2, -0.15) is 0 Å². The van der Waals surface area contributed by atoms with Crippen LogP contribution in [0.15, 0.2) is 0 Å². The number of nitrogens with one attached hydrogen (secondary N) is 1. The molecule has 2 fully saturated rings. The fourth-order valence-electron chi connectivity index (χ4n) is 3.53. The van der Waals surface area contributed by atoms with Gasteiger partial charge in [0.15, 0.2) is 0 Å². The van der Waals surface area contributed by atoms with Crippen molar-refractivity contribution in [3.63, 3.8) is 0 Å². The van der Waals surface area contributed by atoms with E-state index in [9.17, 15) is 4.79 Å². The summed E-state index contributed by atoms with van der Waals surface area (Å²) in [6.45, 7) is 4.37. The van der Waals surface area contributed by atoms with Gasteiger partial charge in [-0.05, 0) is 58.3 Å². The van der Waals surface area contributed by atoms with E-state index >= 15 is 0 Å². The van der Waals surface area contributed by atoms with Crippen molar-refractivity contribution in [3.05, 3.63) is 0 Å². The number of nitrogens with two attached hydrogens (primary N) is 1. The summed E-state index contributed by atoms with van der Waals surface area (Å²) < 4.78 is 0. The molecule has 1 saturated carbocycles. The average molecular weight is 281 g/mol. The molecule has 0 aromatic carbocycles. The number of nitrogens with zero attached hydrogens (tertiary/aromatic N) is 1. The SMILES string of the molecule is NC(=O)C1CCN(CCCNC2CCCCCC2)CC1. The monoisotopic (exact) mass is 281 g/mol. The summed E-state index contributed by atoms with van der Waals surface area (Å²) in [5.74, 6) is 0.00930. The summed E-state index contributed by atoms with van der Waals surface area (Å²) in [5, 5.41) is 3.73. The summed E-state index contributed by atoms with van der Waals surface area (Å²) in [7, 11) is 0. The molecule has 0 radical (unpaired) electrons. The van der Waals surface area contributed by atoms with E-state index in [1.807, 2.05) is 0 Å². The first kappa shape index (κ1) is 15.8. The maximum absolute atomic E-state index is 11.1. The normalized spacial score (nSPS) is 23.6. The predicted octanol–water partition coefficient (Wildman–Crippen LogP) is 1.89. The summed E-state index contributed by atoms with van der Waals surface area (Å²) in [6.07, 6.45) is 11.5. The quantitative estimate of drug-likeness (QED) is 0.577. The second-order valence-electron chi connectivity index (χ2n) is 6.51. The van der Waals surface area contributed by atoms with Crippen LogP contribution in [0.2, 0.25) is 0 Å². The molecule has 3 N–H and O–H groups in total. The minimum Gasteiger partial charge on any atom is -0.369 e. The van der Waals surface area contributed by atoms with E-state index in [1.54, 1.807) is 0 Å². The molecule has 0 aromatic rings. The lowest BCUT2D eigenvalue weighted by Crippen LogP contribution is -2.40. The van der Waals surface area contributed by atoms with Crippen LogP contribution in [-0.4, -0.2) is 43.0 Å². The molecule has 1 heterocycles. The number of carbonyl (C=O) groups excluding carboxylic acids is 1. The molecule has 2 aliphatic rings. The van der Waals surface area contributed by atoms with Gasteiger partial charge in [0.1, 0.15) is 0 Å². The highest BCUT2D eigenvalue weighted by Gasteiger charge is 2.22. The number of hydrogen-bond donors (Lipinski definition) is 2. The second kappa shape index (κ2) is 8.63. The molecule has 4 heteroatoms. The van der Waals surface area contributed by atoms with Gasteiger partial charge in [-0.3, -0.25) is 4.79 Å². The first-order chi connectivity index (χ1) is 9.75. The summed E-state index contributed by atoms with van der Waals surface area (Å²) in [6, 6.07) is 0.762. The van der Waals surface area contributed by atoms with Gasteiger partial charge in [-0.25, -0.2) is 0 Å². The van der Waals surface area contributed by atoms with E-state index in [-0.39, 0.29) is 11.8 Å². The zero-order valence-electron chi connectivity index (χ0n) is 12.8. The van der Waals surface area contributed by atoms with Gasteiger partial charge < -0.3 is 16.0 Å². The Balaban J connectivity index is 1.52. The van der Waals surface area contributed by atoms with Crippen LogP contribution >= 0.6 is 0 Å². The van der Waals surface area contributed by atoms with Crippen molar-refractivity contribution in [2.75, 3.05) is 26.2 Å². The molecule has 2 rings (SSSR count). The molecule has 20 heavy (non-hydrogen) atoms. The van der Waals surface area contributed by atoms with Crippen molar-refractivity contribution < 1.29 is 4.79 Å². The Labute approximate surface area is 123 Å². The van der Waals surface area contributed by atoms with E-state index in [0.717, 1.165) is 45.1 Å². The molecule has 0 atom stereocenters. The third-order valence-corrected chi connectivity index (χ3v) is 4.93. The molecule has 0 bridgehead atoms. The molecular formula is C16H31N3O. The van der Waals surface area contributed by atoms with E-state index < -0.39 is 0 Å². The largest absolute Gasteiger partial charge is 0.369 e. The first-order valence-corrected chi connectivity index (χ1v) is 8.51. The lowest BCUT2D eigenvalue weighted by molar-refractivity contribution is -0.123. The fourth-order valence-corrected chi connectivity index (χ4v) is 3.53. The van der Waals surface area contributed by atoms with Crippen LogP contribution < -0.4 is 11.1 Å². The van der Waals surface area contributed by atoms with Gasteiger partial charge >= 0.3 is 0 Å². The van der Waals surface area contributed by atoms with Crippen molar-refractivity contribution >= 4 is 5.91 Å². The Hall–Kier alpha value is -0.610. The molecule has 1 aliphatic heterocycles. The van der Waals surface area contributed by atoms with Gasteiger partial charge in [0.25, 0.3) is 0 Å². The second-order valence-corrected chi connectivity index (χ2v) is 6.51. The van der Waals surface area contributed by atoms with Crippen molar-refractivity contribution in [2.24, 2.45) is 11.7 Å². The summed E-state index contributed by atoms with van der Waals surface area (Å²) in [4.78, 5) is 13.6. The van der Waals surface area contributed by atoms with E-state index in [4.69, 9.17) is 5.73 Å². The number of likely N-dealkylation sites (tertiary alicyclic amines) is 1. The topological polar surface area (TPSA) is 58.4 Å². The molecule has 116 valence electrons. The molecule has 1 saturated heterocycles. The molecule has 4 nitrogen and oxygen atoms in total. The Morgan fingerprint density at radius 3 is 2.30 bits per heavy atom. The Morgan fingerprint density at radius 1 is 1.05 bits per heavy atom. The molecular weight excluding hydrogens is 250 g/mol. The van der Waals surface area contributed by atoms with Crippen molar-refractivity contribution in [1.29, 1.82) is 0 Å². The van der Waals surface area contributed by atoms with E-state index in [1.165, 1.54) is 44.9 Å². The van der Waals surface area contributed by atoms with Crippen LogP contribution in [0.1, 0.15) is 57.8 Å². The summed E-state index contributed by atoms with van der Waals surface area (Å²) in [5.41, 5.74) is 5.36. The third-order valence-electron chi connectivity index (χ3n) is 4.93. The van der Waals surface area contributed by atoms with Gasteiger partial charge in [-0.1, -0.05) is 25.7 Å². The van der Waals surface area contributed by atoms with Crippen LogP contribution in [0.25, 0.3) is 0 Å². The van der Waals surface area contributed by atoms with Gasteiger partial charge in [0, 0.05) is 12.0 Å². The molecule has 1 amide bonds. The van der Waals surface area contributed by atoms with E-state index in [0.29, 0.717) is 0 Å². The van der Waals surface area contributed by atoms with Crippen molar-refractivity contribution in [2.45, 2.75) is 63.8 Å². The van der Waals surface area contributed by atoms with Gasteiger partial charge in [0.2, 0.25) is 5.91 Å². The molecule has 0 spiro atoms. The number of primary amides is 1. The smallest absolute Gasteiger partial charge is 0.220 e. The van der Waals surface area contributed by atoms with Crippen LogP contribution in [0, 0.1) is 5.92 Å². The minimum absolute atomic E-state index is 0.111. The minimum atomic E-state index is -0.111. The molecule has 0 unspecified atom stereocenters. The van der Waals surface area contributed by atoms with E-state index in [2.05, 4.69) is 10.2 Å². The van der Waals surface area contributed by atoms with Crippen LogP contribution in [0.3, 0.4) is 0 Å². The Kier molecular flexibility index (Phi) is 6.80. The first-order valence-electron chi connectivity index (χ1n) is 8.51. The van der Waals surface area contributed by atoms with Crippen LogP contribution in [-0.2, 0) is 4.79 Å². The lowest BCUT2D eigenvalue weighted by atomic mass is 9.96. The number of hydrogen-bond acceptors (Lipinski definition) is 3. The average Bonchev–Trinajstić information content (AvgIpc) is 2.73. The maximum Gasteiger partial charge on any atom is 0.220 e. The van der Waals surface area contributed by atoms with Crippen molar-refractivity contribution in [1.82, 2.24) is 10.2 Å². The lowest BCUT2D eigenvalue weighted by Gasteiger charge is -2.30. The number of carbonyl (C=O) groups is 1. The Bertz CT molecular complexity index is 279. The standard InChI is InChI=1S/C16H31N3O/c17-16(20)14-8-12-19(13-9-14)11-5-10-18-15-6-3-1-2-4-7-15/h14-15,18H,1-13H2,(H2,17,20). The van der Waals surface area contributed by atoms with Crippen LogP contribution in [0.5, 0.6) is 0 Å².